The number of nitriles is 1. The van der Waals surface area contributed by atoms with Crippen molar-refractivity contribution in [2.75, 3.05) is 13.2 Å². The fourth-order valence-corrected chi connectivity index (χ4v) is 1.78. The molecule has 3 heteroatoms. The average Bonchev–Trinajstić information content (AvgIpc) is 2.39. The van der Waals surface area contributed by atoms with Gasteiger partial charge in [-0.3, -0.25) is 5.32 Å². The minimum atomic E-state index is -0.628. The predicted octanol–water partition coefficient (Wildman–Crippen LogP) is 2.91. The third-order valence-corrected chi connectivity index (χ3v) is 2.80. The summed E-state index contributed by atoms with van der Waals surface area (Å²) in [6.45, 7) is 7.10. The zero-order valence-corrected chi connectivity index (χ0v) is 11.5. The minimum Gasteiger partial charge on any atom is -0.491 e. The van der Waals surface area contributed by atoms with Crippen molar-refractivity contribution in [3.8, 4) is 11.8 Å². The molecule has 0 aliphatic carbocycles. The van der Waals surface area contributed by atoms with Crippen LogP contribution >= 0.6 is 0 Å². The van der Waals surface area contributed by atoms with Gasteiger partial charge in [0.25, 0.3) is 0 Å². The molecule has 1 unspecified atom stereocenters. The summed E-state index contributed by atoms with van der Waals surface area (Å²) in [6, 6.07) is 10.3. The second-order valence-electron chi connectivity index (χ2n) is 4.66. The smallest absolute Gasteiger partial charge is 0.138 e. The monoisotopic (exact) mass is 246 g/mol. The molecule has 18 heavy (non-hydrogen) atoms. The maximum Gasteiger partial charge on any atom is 0.138 e. The standard InChI is InChI=1S/C15H22N2O/c1-4-6-13-7-9-14(10-8-13)18-12-15(3,11-16)17-5-2/h7-10,17H,4-6,12H2,1-3H3. The minimum absolute atomic E-state index is 0.352. The van der Waals surface area contributed by atoms with Crippen molar-refractivity contribution >= 4 is 0 Å². The molecule has 0 amide bonds. The van der Waals surface area contributed by atoms with Crippen LogP contribution in [-0.4, -0.2) is 18.7 Å². The highest BCUT2D eigenvalue weighted by Crippen LogP contribution is 2.15. The summed E-state index contributed by atoms with van der Waals surface area (Å²) in [5.74, 6) is 0.814. The summed E-state index contributed by atoms with van der Waals surface area (Å²) < 4.78 is 5.66. The van der Waals surface area contributed by atoms with Crippen LogP contribution in [0.2, 0.25) is 0 Å². The van der Waals surface area contributed by atoms with Crippen LogP contribution in [0.1, 0.15) is 32.8 Å². The van der Waals surface area contributed by atoms with Crippen molar-refractivity contribution in [3.05, 3.63) is 29.8 Å². The molecule has 1 N–H and O–H groups in total. The number of hydrogen-bond donors (Lipinski definition) is 1. The van der Waals surface area contributed by atoms with E-state index in [2.05, 4.69) is 30.4 Å². The van der Waals surface area contributed by atoms with Gasteiger partial charge in [-0.2, -0.15) is 5.26 Å². The summed E-state index contributed by atoms with van der Waals surface area (Å²) >= 11 is 0. The maximum atomic E-state index is 9.12. The summed E-state index contributed by atoms with van der Waals surface area (Å²) in [7, 11) is 0. The lowest BCUT2D eigenvalue weighted by Gasteiger charge is -2.22. The van der Waals surface area contributed by atoms with Gasteiger partial charge in [0.2, 0.25) is 0 Å². The number of nitrogens with one attached hydrogen (secondary N) is 1. The zero-order valence-electron chi connectivity index (χ0n) is 11.5. The molecule has 0 saturated carbocycles. The predicted molar refractivity (Wildman–Crippen MR) is 73.6 cm³/mol. The molecule has 1 rings (SSSR count). The fourth-order valence-electron chi connectivity index (χ4n) is 1.78. The third-order valence-electron chi connectivity index (χ3n) is 2.80. The number of aryl methyl sites for hydroxylation is 1. The molecule has 0 aromatic heterocycles. The second-order valence-corrected chi connectivity index (χ2v) is 4.66. The van der Waals surface area contributed by atoms with Crippen molar-refractivity contribution in [1.82, 2.24) is 5.32 Å². The van der Waals surface area contributed by atoms with E-state index in [1.807, 2.05) is 26.0 Å². The van der Waals surface area contributed by atoms with Gasteiger partial charge in [-0.1, -0.05) is 32.4 Å². The molecule has 0 spiro atoms. The quantitative estimate of drug-likeness (QED) is 0.804. The molecular weight excluding hydrogens is 224 g/mol. The fraction of sp³-hybridized carbons (Fsp3) is 0.533. The van der Waals surface area contributed by atoms with Crippen LogP contribution in [0.4, 0.5) is 0 Å². The normalized spacial score (nSPS) is 13.7. The Hall–Kier alpha value is -1.53. The highest BCUT2D eigenvalue weighted by atomic mass is 16.5. The Morgan fingerprint density at radius 3 is 2.44 bits per heavy atom. The lowest BCUT2D eigenvalue weighted by Crippen LogP contribution is -2.46. The lowest BCUT2D eigenvalue weighted by atomic mass is 10.1. The maximum absolute atomic E-state index is 9.12. The lowest BCUT2D eigenvalue weighted by molar-refractivity contribution is 0.236. The molecule has 98 valence electrons. The van der Waals surface area contributed by atoms with Gasteiger partial charge in [0.05, 0.1) is 6.07 Å². The topological polar surface area (TPSA) is 45.0 Å². The largest absolute Gasteiger partial charge is 0.491 e. The van der Waals surface area contributed by atoms with Crippen molar-refractivity contribution in [1.29, 1.82) is 5.26 Å². The molecule has 0 aliphatic rings. The Kier molecular flexibility index (Phi) is 5.67. The van der Waals surface area contributed by atoms with Crippen LogP contribution in [0.25, 0.3) is 0 Å². The molecule has 0 radical (unpaired) electrons. The van der Waals surface area contributed by atoms with Crippen molar-refractivity contribution in [2.45, 2.75) is 39.2 Å². The van der Waals surface area contributed by atoms with Gasteiger partial charge in [-0.15, -0.1) is 0 Å². The van der Waals surface area contributed by atoms with E-state index in [1.165, 1.54) is 5.56 Å². The van der Waals surface area contributed by atoms with Crippen LogP contribution in [0.3, 0.4) is 0 Å². The number of rotatable bonds is 7. The number of ether oxygens (including phenoxy) is 1. The number of hydrogen-bond acceptors (Lipinski definition) is 3. The molecule has 0 saturated heterocycles. The number of likely N-dealkylation sites (N-methyl/N-ethyl adjacent to an activating group) is 1. The van der Waals surface area contributed by atoms with Crippen molar-refractivity contribution < 1.29 is 4.74 Å². The van der Waals surface area contributed by atoms with E-state index in [1.54, 1.807) is 0 Å². The summed E-state index contributed by atoms with van der Waals surface area (Å²) in [5.41, 5.74) is 0.691. The van der Waals surface area contributed by atoms with Crippen LogP contribution < -0.4 is 10.1 Å². The first kappa shape index (κ1) is 14.5. The van der Waals surface area contributed by atoms with Gasteiger partial charge in [-0.25, -0.2) is 0 Å². The molecule has 1 aromatic rings. The Bertz CT molecular complexity index is 394. The van der Waals surface area contributed by atoms with E-state index >= 15 is 0 Å². The molecular formula is C15H22N2O. The van der Waals surface area contributed by atoms with E-state index in [-0.39, 0.29) is 0 Å². The molecule has 0 heterocycles. The van der Waals surface area contributed by atoms with E-state index in [0.29, 0.717) is 6.61 Å². The average molecular weight is 246 g/mol. The molecule has 0 aliphatic heterocycles. The van der Waals surface area contributed by atoms with Gasteiger partial charge in [0.15, 0.2) is 0 Å². The van der Waals surface area contributed by atoms with Crippen LogP contribution in [0, 0.1) is 11.3 Å². The summed E-state index contributed by atoms with van der Waals surface area (Å²) in [6.07, 6.45) is 2.24. The molecule has 0 fully saturated rings. The van der Waals surface area contributed by atoms with Gasteiger partial charge < -0.3 is 4.74 Å². The van der Waals surface area contributed by atoms with E-state index in [4.69, 9.17) is 10.00 Å². The number of nitrogens with zero attached hydrogens (tertiary/aromatic N) is 1. The molecule has 1 atom stereocenters. The van der Waals surface area contributed by atoms with E-state index in [9.17, 15) is 0 Å². The molecule has 0 bridgehead atoms. The van der Waals surface area contributed by atoms with Crippen molar-refractivity contribution in [2.24, 2.45) is 0 Å². The zero-order chi connectivity index (χ0) is 13.4. The van der Waals surface area contributed by atoms with Crippen LogP contribution in [0.15, 0.2) is 24.3 Å². The van der Waals surface area contributed by atoms with Crippen LogP contribution in [-0.2, 0) is 6.42 Å². The molecule has 3 nitrogen and oxygen atoms in total. The van der Waals surface area contributed by atoms with E-state index < -0.39 is 5.54 Å². The third kappa shape index (κ3) is 4.38. The van der Waals surface area contributed by atoms with Gasteiger partial charge in [0, 0.05) is 0 Å². The van der Waals surface area contributed by atoms with Gasteiger partial charge >= 0.3 is 0 Å². The highest BCUT2D eigenvalue weighted by Gasteiger charge is 2.23. The SMILES string of the molecule is CCCc1ccc(OCC(C)(C#N)NCC)cc1. The Morgan fingerprint density at radius 1 is 1.28 bits per heavy atom. The highest BCUT2D eigenvalue weighted by molar-refractivity contribution is 5.27. The number of benzene rings is 1. The summed E-state index contributed by atoms with van der Waals surface area (Å²) in [4.78, 5) is 0. The second kappa shape index (κ2) is 7.03. The van der Waals surface area contributed by atoms with Gasteiger partial charge in [0.1, 0.15) is 17.9 Å². The Balaban J connectivity index is 2.55. The van der Waals surface area contributed by atoms with Crippen molar-refractivity contribution in [3.63, 3.8) is 0 Å². The first-order valence-corrected chi connectivity index (χ1v) is 6.51. The first-order valence-electron chi connectivity index (χ1n) is 6.51. The van der Waals surface area contributed by atoms with E-state index in [0.717, 1.165) is 25.1 Å². The van der Waals surface area contributed by atoms with Gasteiger partial charge in [-0.05, 0) is 37.6 Å². The Morgan fingerprint density at radius 2 is 1.94 bits per heavy atom. The van der Waals surface area contributed by atoms with Crippen LogP contribution in [0.5, 0.6) is 5.75 Å². The Labute approximate surface area is 110 Å². The first-order chi connectivity index (χ1) is 8.63. The molecule has 1 aromatic carbocycles. The summed E-state index contributed by atoms with van der Waals surface area (Å²) in [5, 5.41) is 12.2.